The van der Waals surface area contributed by atoms with E-state index in [1.54, 1.807) is 0 Å². The summed E-state index contributed by atoms with van der Waals surface area (Å²) in [6.45, 7) is 9.95. The van der Waals surface area contributed by atoms with E-state index in [0.29, 0.717) is 11.5 Å². The van der Waals surface area contributed by atoms with E-state index in [0.717, 1.165) is 71.9 Å². The van der Waals surface area contributed by atoms with E-state index in [1.165, 1.54) is 38.5 Å². The third-order valence-corrected chi connectivity index (χ3v) is 8.54. The number of aliphatic hydroxyl groups is 2. The van der Waals surface area contributed by atoms with Gasteiger partial charge in [-0.2, -0.15) is 0 Å². The van der Waals surface area contributed by atoms with E-state index in [9.17, 15) is 9.59 Å². The number of carbonyl (C=O) groups excluding carboxylic acids is 2. The Morgan fingerprint density at radius 3 is 1.26 bits per heavy atom. The SMILES string of the molecule is C=C(CO)C(=O)OCOc1ccc(-c2ccc(-c3ccc(OCOC(=O)C(=C)CO)c(CCCCCCC)c3)cc2)cc1CCCCCCC. The van der Waals surface area contributed by atoms with Gasteiger partial charge in [0.2, 0.25) is 13.6 Å². The van der Waals surface area contributed by atoms with E-state index in [4.69, 9.17) is 29.2 Å². The molecule has 0 heterocycles. The molecule has 3 rings (SSSR count). The molecule has 0 atom stereocenters. The molecule has 0 fully saturated rings. The summed E-state index contributed by atoms with van der Waals surface area (Å²) in [5.74, 6) is -0.0299. The average Bonchev–Trinajstić information content (AvgIpc) is 3.14. The van der Waals surface area contributed by atoms with E-state index in [2.05, 4.69) is 63.4 Å². The third-order valence-electron chi connectivity index (χ3n) is 8.54. The number of hydrogen-bond acceptors (Lipinski definition) is 8. The molecule has 270 valence electrons. The zero-order valence-corrected chi connectivity index (χ0v) is 29.8. The number of carbonyl (C=O) groups is 2. The van der Waals surface area contributed by atoms with Crippen molar-refractivity contribution < 1.29 is 38.7 Å². The molecule has 0 amide bonds. The van der Waals surface area contributed by atoms with Crippen LogP contribution in [0.5, 0.6) is 11.5 Å². The summed E-state index contributed by atoms with van der Waals surface area (Å²) in [4.78, 5) is 23.8. The van der Waals surface area contributed by atoms with Crippen molar-refractivity contribution in [2.24, 2.45) is 0 Å². The first kappa shape index (κ1) is 40.0. The molecule has 2 N–H and O–H groups in total. The van der Waals surface area contributed by atoms with Crippen LogP contribution in [0.1, 0.15) is 89.2 Å². The molecule has 0 radical (unpaired) electrons. The Balaban J connectivity index is 1.78. The van der Waals surface area contributed by atoms with Crippen molar-refractivity contribution in [1.82, 2.24) is 0 Å². The molecule has 8 nitrogen and oxygen atoms in total. The zero-order chi connectivity index (χ0) is 36.1. The molecule has 0 saturated heterocycles. The molecule has 0 bridgehead atoms. The van der Waals surface area contributed by atoms with Crippen molar-refractivity contribution in [2.75, 3.05) is 26.8 Å². The summed E-state index contributed by atoms with van der Waals surface area (Å²) in [5, 5.41) is 18.2. The fourth-order valence-electron chi connectivity index (χ4n) is 5.51. The Labute approximate surface area is 297 Å². The van der Waals surface area contributed by atoms with Crippen LogP contribution in [0, 0.1) is 0 Å². The Morgan fingerprint density at radius 1 is 0.540 bits per heavy atom. The molecule has 0 aromatic heterocycles. The molecule has 8 heteroatoms. The van der Waals surface area contributed by atoms with Gasteiger partial charge in [-0.05, 0) is 83.3 Å². The number of ether oxygens (including phenoxy) is 4. The maximum Gasteiger partial charge on any atom is 0.338 e. The van der Waals surface area contributed by atoms with Gasteiger partial charge in [0.25, 0.3) is 0 Å². The highest BCUT2D eigenvalue weighted by atomic mass is 16.7. The van der Waals surface area contributed by atoms with Crippen LogP contribution in [0.15, 0.2) is 85.0 Å². The first-order chi connectivity index (χ1) is 24.3. The van der Waals surface area contributed by atoms with Gasteiger partial charge in [0.05, 0.1) is 24.4 Å². The number of benzene rings is 3. The second-order valence-corrected chi connectivity index (χ2v) is 12.5. The van der Waals surface area contributed by atoms with Crippen LogP contribution in [-0.4, -0.2) is 49.0 Å². The van der Waals surface area contributed by atoms with Crippen LogP contribution in [0.2, 0.25) is 0 Å². The van der Waals surface area contributed by atoms with Crippen molar-refractivity contribution >= 4 is 11.9 Å². The lowest BCUT2D eigenvalue weighted by molar-refractivity contribution is -0.146. The van der Waals surface area contributed by atoms with Gasteiger partial charge >= 0.3 is 11.9 Å². The van der Waals surface area contributed by atoms with Crippen molar-refractivity contribution in [3.63, 3.8) is 0 Å². The molecule has 3 aromatic carbocycles. The highest BCUT2D eigenvalue weighted by Crippen LogP contribution is 2.32. The van der Waals surface area contributed by atoms with Crippen molar-refractivity contribution in [2.45, 2.75) is 90.9 Å². The topological polar surface area (TPSA) is 112 Å². The summed E-state index contributed by atoms with van der Waals surface area (Å²) in [6, 6.07) is 20.6. The Kier molecular flexibility index (Phi) is 17.9. The molecule has 0 unspecified atom stereocenters. The van der Waals surface area contributed by atoms with Gasteiger partial charge in [0, 0.05) is 0 Å². The normalized spacial score (nSPS) is 10.8. The molecular weight excluding hydrogens is 632 g/mol. The second kappa shape index (κ2) is 22.3. The predicted molar refractivity (Wildman–Crippen MR) is 198 cm³/mol. The van der Waals surface area contributed by atoms with Gasteiger partial charge in [-0.3, -0.25) is 0 Å². The molecule has 0 saturated carbocycles. The quantitative estimate of drug-likeness (QED) is 0.0416. The van der Waals surface area contributed by atoms with Crippen LogP contribution in [0.25, 0.3) is 22.3 Å². The lowest BCUT2D eigenvalue weighted by Gasteiger charge is -2.15. The number of unbranched alkanes of at least 4 members (excludes halogenated alkanes) is 8. The van der Waals surface area contributed by atoms with Gasteiger partial charge < -0.3 is 29.2 Å². The van der Waals surface area contributed by atoms with Gasteiger partial charge in [0.15, 0.2) is 0 Å². The zero-order valence-electron chi connectivity index (χ0n) is 29.8. The van der Waals surface area contributed by atoms with E-state index in [1.807, 2.05) is 24.3 Å². The minimum absolute atomic E-state index is 0.0176. The van der Waals surface area contributed by atoms with E-state index < -0.39 is 25.2 Å². The fourth-order valence-corrected chi connectivity index (χ4v) is 5.51. The molecule has 0 aliphatic heterocycles. The first-order valence-corrected chi connectivity index (χ1v) is 17.8. The number of hydrogen-bond donors (Lipinski definition) is 2. The standard InChI is InChI=1S/C42H54O8/c1-5-7-9-11-13-15-37-25-35(21-23-39(37)47-29-49-41(45)31(3)27-43)33-17-19-34(20-18-33)36-22-24-40(48-30-50-42(46)32(4)28-44)38(26-36)16-14-12-10-8-6-2/h17-26,43-44H,3-16,27-30H2,1-2H3. The molecule has 3 aromatic rings. The number of aliphatic hydroxyl groups excluding tert-OH is 2. The van der Waals surface area contributed by atoms with Crippen LogP contribution < -0.4 is 9.47 Å². The Morgan fingerprint density at radius 2 is 0.900 bits per heavy atom. The first-order valence-electron chi connectivity index (χ1n) is 17.8. The lowest BCUT2D eigenvalue weighted by atomic mass is 9.95. The van der Waals surface area contributed by atoms with Gasteiger partial charge in [0.1, 0.15) is 11.5 Å². The number of rotatable bonds is 24. The monoisotopic (exact) mass is 686 g/mol. The smallest absolute Gasteiger partial charge is 0.338 e. The highest BCUT2D eigenvalue weighted by Gasteiger charge is 2.13. The second-order valence-electron chi connectivity index (χ2n) is 12.5. The average molecular weight is 687 g/mol. The van der Waals surface area contributed by atoms with Crippen LogP contribution in [-0.2, 0) is 31.9 Å². The number of esters is 2. The largest absolute Gasteiger partial charge is 0.457 e. The van der Waals surface area contributed by atoms with Gasteiger partial charge in [-0.15, -0.1) is 0 Å². The van der Waals surface area contributed by atoms with Crippen LogP contribution in [0.3, 0.4) is 0 Å². The Hall–Kier alpha value is -4.40. The fraction of sp³-hybridized carbons (Fsp3) is 0.429. The van der Waals surface area contributed by atoms with Gasteiger partial charge in [-0.1, -0.05) is 115 Å². The maximum absolute atomic E-state index is 11.9. The highest BCUT2D eigenvalue weighted by molar-refractivity contribution is 5.88. The van der Waals surface area contributed by atoms with Crippen molar-refractivity contribution in [3.05, 3.63) is 96.1 Å². The maximum atomic E-state index is 11.9. The number of aryl methyl sites for hydroxylation is 2. The van der Waals surface area contributed by atoms with E-state index >= 15 is 0 Å². The van der Waals surface area contributed by atoms with E-state index in [-0.39, 0.29) is 24.7 Å². The van der Waals surface area contributed by atoms with Gasteiger partial charge in [-0.25, -0.2) is 9.59 Å². The molecular formula is C42H54O8. The summed E-state index contributed by atoms with van der Waals surface area (Å²) in [7, 11) is 0. The summed E-state index contributed by atoms with van der Waals surface area (Å²) < 4.78 is 21.9. The third kappa shape index (κ3) is 13.1. The molecule has 0 spiro atoms. The summed E-state index contributed by atoms with van der Waals surface area (Å²) in [5.41, 5.74) is 6.32. The van der Waals surface area contributed by atoms with Crippen LogP contribution >= 0.6 is 0 Å². The molecule has 0 aliphatic rings. The summed E-state index contributed by atoms with van der Waals surface area (Å²) >= 11 is 0. The van der Waals surface area contributed by atoms with Crippen molar-refractivity contribution in [1.29, 1.82) is 0 Å². The molecule has 50 heavy (non-hydrogen) atoms. The van der Waals surface area contributed by atoms with Crippen LogP contribution in [0.4, 0.5) is 0 Å². The minimum Gasteiger partial charge on any atom is -0.457 e. The lowest BCUT2D eigenvalue weighted by Crippen LogP contribution is -2.14. The Bertz CT molecular complexity index is 1410. The van der Waals surface area contributed by atoms with Crippen molar-refractivity contribution in [3.8, 4) is 33.8 Å². The predicted octanol–water partition coefficient (Wildman–Crippen LogP) is 8.90. The summed E-state index contributed by atoms with van der Waals surface area (Å²) in [6.07, 6.45) is 13.2. The molecule has 0 aliphatic carbocycles. The minimum atomic E-state index is -0.682.